The Morgan fingerprint density at radius 3 is 2.54 bits per heavy atom. The molecule has 0 radical (unpaired) electrons. The number of hydrogen-bond acceptors (Lipinski definition) is 5. The van der Waals surface area contributed by atoms with Crippen LogP contribution < -0.4 is 10.0 Å². The van der Waals surface area contributed by atoms with Crippen molar-refractivity contribution in [2.45, 2.75) is 12.5 Å². The molecular weight excluding hydrogens is 330 g/mol. The van der Waals surface area contributed by atoms with Crippen molar-refractivity contribution in [1.29, 1.82) is 0 Å². The molecule has 1 unspecified atom stereocenters. The molecule has 1 aliphatic heterocycles. The number of benzene rings is 1. The second-order valence-corrected chi connectivity index (χ2v) is 7.45. The maximum absolute atomic E-state index is 12.6. The average molecular weight is 357 g/mol. The Morgan fingerprint density at radius 2 is 1.88 bits per heavy atom. The van der Waals surface area contributed by atoms with Crippen LogP contribution in [-0.4, -0.2) is 66.3 Å². The predicted octanol–water partition coefficient (Wildman–Crippen LogP) is 0.303. The van der Waals surface area contributed by atoms with Gasteiger partial charge in [-0.25, -0.2) is 4.72 Å². The number of ether oxygens (including phenoxy) is 2. The van der Waals surface area contributed by atoms with E-state index in [2.05, 4.69) is 16.1 Å². The predicted molar refractivity (Wildman–Crippen MR) is 93.1 cm³/mol. The first-order valence-corrected chi connectivity index (χ1v) is 9.56. The van der Waals surface area contributed by atoms with E-state index in [4.69, 9.17) is 9.47 Å². The molecule has 0 saturated carbocycles. The van der Waals surface area contributed by atoms with Crippen molar-refractivity contribution in [3.63, 3.8) is 0 Å². The minimum Gasteiger partial charge on any atom is -0.383 e. The molecular formula is C16H27N3O4S. The lowest BCUT2D eigenvalue weighted by molar-refractivity contribution is 0.149. The highest BCUT2D eigenvalue weighted by molar-refractivity contribution is 7.87. The Hall–Kier alpha value is -1.03. The van der Waals surface area contributed by atoms with Gasteiger partial charge in [0.15, 0.2) is 0 Å². The third-order valence-corrected chi connectivity index (χ3v) is 5.69. The highest BCUT2D eigenvalue weighted by atomic mass is 32.2. The molecule has 7 nitrogen and oxygen atoms in total. The van der Waals surface area contributed by atoms with Crippen molar-refractivity contribution in [2.24, 2.45) is 0 Å². The van der Waals surface area contributed by atoms with Gasteiger partial charge in [0.1, 0.15) is 0 Å². The summed E-state index contributed by atoms with van der Waals surface area (Å²) >= 11 is 0. The SMILES string of the molecule is COCCN(CCOC)S(=O)(=O)NCC1NCCc2ccccc21. The number of nitrogens with one attached hydrogen (secondary N) is 2. The number of nitrogens with zero attached hydrogens (tertiary/aromatic N) is 1. The van der Waals surface area contributed by atoms with E-state index in [0.29, 0.717) is 32.8 Å². The molecule has 0 spiro atoms. The molecule has 0 amide bonds. The summed E-state index contributed by atoms with van der Waals surface area (Å²) in [6.07, 6.45) is 0.966. The quantitative estimate of drug-likeness (QED) is 0.630. The van der Waals surface area contributed by atoms with Gasteiger partial charge in [-0.15, -0.1) is 0 Å². The van der Waals surface area contributed by atoms with Gasteiger partial charge < -0.3 is 14.8 Å². The number of rotatable bonds is 10. The molecule has 0 bridgehead atoms. The van der Waals surface area contributed by atoms with Crippen LogP contribution in [0.4, 0.5) is 0 Å². The third kappa shape index (κ3) is 5.23. The molecule has 1 atom stereocenters. The molecule has 0 aliphatic carbocycles. The van der Waals surface area contributed by atoms with Crippen molar-refractivity contribution >= 4 is 10.2 Å². The van der Waals surface area contributed by atoms with Crippen molar-refractivity contribution in [3.05, 3.63) is 35.4 Å². The molecule has 136 valence electrons. The van der Waals surface area contributed by atoms with Crippen molar-refractivity contribution in [3.8, 4) is 0 Å². The lowest BCUT2D eigenvalue weighted by atomic mass is 9.95. The van der Waals surface area contributed by atoms with Gasteiger partial charge in [-0.3, -0.25) is 0 Å². The Kier molecular flexibility index (Phi) is 7.60. The lowest BCUT2D eigenvalue weighted by Crippen LogP contribution is -2.47. The second kappa shape index (κ2) is 9.45. The van der Waals surface area contributed by atoms with Crippen LogP contribution in [-0.2, 0) is 26.1 Å². The highest BCUT2D eigenvalue weighted by Crippen LogP contribution is 2.22. The summed E-state index contributed by atoms with van der Waals surface area (Å²) in [5.41, 5.74) is 2.43. The Balaban J connectivity index is 2.00. The zero-order valence-corrected chi connectivity index (χ0v) is 15.1. The van der Waals surface area contributed by atoms with E-state index in [1.807, 2.05) is 18.2 Å². The van der Waals surface area contributed by atoms with Gasteiger partial charge in [0.05, 0.1) is 13.2 Å². The van der Waals surface area contributed by atoms with E-state index in [9.17, 15) is 8.42 Å². The summed E-state index contributed by atoms with van der Waals surface area (Å²) in [6, 6.07) is 8.13. The van der Waals surface area contributed by atoms with Crippen molar-refractivity contribution in [2.75, 3.05) is 53.6 Å². The van der Waals surface area contributed by atoms with Crippen LogP contribution >= 0.6 is 0 Å². The van der Waals surface area contributed by atoms with Crippen LogP contribution in [0.5, 0.6) is 0 Å². The Morgan fingerprint density at radius 1 is 1.21 bits per heavy atom. The Bertz CT molecular complexity index is 601. The molecule has 0 fully saturated rings. The molecule has 2 rings (SSSR count). The third-order valence-electron chi connectivity index (χ3n) is 4.11. The topological polar surface area (TPSA) is 79.9 Å². The van der Waals surface area contributed by atoms with Gasteiger partial charge in [-0.2, -0.15) is 12.7 Å². The van der Waals surface area contributed by atoms with Crippen molar-refractivity contribution in [1.82, 2.24) is 14.3 Å². The maximum Gasteiger partial charge on any atom is 0.279 e. The lowest BCUT2D eigenvalue weighted by Gasteiger charge is -2.28. The fraction of sp³-hybridized carbons (Fsp3) is 0.625. The van der Waals surface area contributed by atoms with Gasteiger partial charge in [0.25, 0.3) is 10.2 Å². The molecule has 8 heteroatoms. The van der Waals surface area contributed by atoms with E-state index in [0.717, 1.165) is 18.5 Å². The van der Waals surface area contributed by atoms with Gasteiger partial charge >= 0.3 is 0 Å². The minimum atomic E-state index is -3.59. The average Bonchev–Trinajstić information content (AvgIpc) is 2.60. The van der Waals surface area contributed by atoms with Crippen LogP contribution in [0.25, 0.3) is 0 Å². The van der Waals surface area contributed by atoms with Gasteiger partial charge in [0, 0.05) is 39.9 Å². The van der Waals surface area contributed by atoms with E-state index in [1.54, 1.807) is 14.2 Å². The zero-order chi connectivity index (χ0) is 17.4. The minimum absolute atomic E-state index is 0.0172. The number of methoxy groups -OCH3 is 2. The zero-order valence-electron chi connectivity index (χ0n) is 14.3. The van der Waals surface area contributed by atoms with E-state index >= 15 is 0 Å². The molecule has 0 saturated heterocycles. The number of hydrogen-bond donors (Lipinski definition) is 2. The molecule has 2 N–H and O–H groups in total. The van der Waals surface area contributed by atoms with Crippen molar-refractivity contribution < 1.29 is 17.9 Å². The second-order valence-electron chi connectivity index (χ2n) is 5.69. The normalized spacial score (nSPS) is 17.9. The first kappa shape index (κ1) is 19.3. The molecule has 1 heterocycles. The molecule has 0 aromatic heterocycles. The van der Waals surface area contributed by atoms with Gasteiger partial charge in [0.2, 0.25) is 0 Å². The number of fused-ring (bicyclic) bond motifs is 1. The van der Waals surface area contributed by atoms with Gasteiger partial charge in [-0.05, 0) is 24.1 Å². The van der Waals surface area contributed by atoms with E-state index < -0.39 is 10.2 Å². The fourth-order valence-corrected chi connectivity index (χ4v) is 3.98. The first-order valence-electron chi connectivity index (χ1n) is 8.12. The molecule has 24 heavy (non-hydrogen) atoms. The molecule has 1 aromatic carbocycles. The molecule has 1 aliphatic rings. The van der Waals surface area contributed by atoms with Crippen LogP contribution in [0.3, 0.4) is 0 Å². The monoisotopic (exact) mass is 357 g/mol. The first-order chi connectivity index (χ1) is 11.6. The van der Waals surface area contributed by atoms with Crippen LogP contribution in [0.2, 0.25) is 0 Å². The summed E-state index contributed by atoms with van der Waals surface area (Å²) in [5.74, 6) is 0. The van der Waals surface area contributed by atoms with Crippen LogP contribution in [0.1, 0.15) is 17.2 Å². The Labute approximate surface area is 144 Å². The maximum atomic E-state index is 12.6. The van der Waals surface area contributed by atoms with Gasteiger partial charge in [-0.1, -0.05) is 24.3 Å². The standard InChI is InChI=1S/C16H27N3O4S/c1-22-11-9-19(10-12-23-2)24(20,21)18-13-16-15-6-4-3-5-14(15)7-8-17-16/h3-6,16-18H,7-13H2,1-2H3. The summed E-state index contributed by atoms with van der Waals surface area (Å²) in [6.45, 7) is 2.44. The van der Waals surface area contributed by atoms with Crippen LogP contribution in [0, 0.1) is 0 Å². The summed E-state index contributed by atoms with van der Waals surface area (Å²) in [4.78, 5) is 0. The van der Waals surface area contributed by atoms with Crippen LogP contribution in [0.15, 0.2) is 24.3 Å². The summed E-state index contributed by atoms with van der Waals surface area (Å²) in [7, 11) is -0.479. The fourth-order valence-electron chi connectivity index (χ4n) is 2.79. The van der Waals surface area contributed by atoms with E-state index in [-0.39, 0.29) is 6.04 Å². The summed E-state index contributed by atoms with van der Waals surface area (Å²) in [5, 5.41) is 3.38. The summed E-state index contributed by atoms with van der Waals surface area (Å²) < 4.78 is 39.2. The largest absolute Gasteiger partial charge is 0.383 e. The van der Waals surface area contributed by atoms with E-state index in [1.165, 1.54) is 9.87 Å². The highest BCUT2D eigenvalue weighted by Gasteiger charge is 2.25. The smallest absolute Gasteiger partial charge is 0.279 e. The molecule has 1 aromatic rings.